The van der Waals surface area contributed by atoms with Crippen molar-refractivity contribution in [1.29, 1.82) is 0 Å². The van der Waals surface area contributed by atoms with Gasteiger partial charge in [-0.1, -0.05) is 0 Å². The number of carbonyl (C=O) groups excluding carboxylic acids is 2. The molecule has 0 aliphatic carbocycles. The Bertz CT molecular complexity index is 471. The first-order valence-electron chi connectivity index (χ1n) is 6.32. The SMILES string of the molecule is CC(=O)N1CCC(C(=O)n2nc(C)cc2C)CC1. The van der Waals surface area contributed by atoms with Gasteiger partial charge in [-0.25, -0.2) is 4.68 Å². The third-order valence-electron chi connectivity index (χ3n) is 3.51. The van der Waals surface area contributed by atoms with Crippen LogP contribution in [0.5, 0.6) is 0 Å². The fraction of sp³-hybridized carbons (Fsp3) is 0.615. The lowest BCUT2D eigenvalue weighted by molar-refractivity contribution is -0.130. The summed E-state index contributed by atoms with van der Waals surface area (Å²) in [5.41, 5.74) is 1.74. The molecule has 1 saturated heterocycles. The first-order valence-corrected chi connectivity index (χ1v) is 6.32. The van der Waals surface area contributed by atoms with Gasteiger partial charge in [0, 0.05) is 31.6 Å². The summed E-state index contributed by atoms with van der Waals surface area (Å²) >= 11 is 0. The zero-order valence-electron chi connectivity index (χ0n) is 11.1. The van der Waals surface area contributed by atoms with E-state index in [0.717, 1.165) is 24.2 Å². The summed E-state index contributed by atoms with van der Waals surface area (Å²) in [4.78, 5) is 25.3. The predicted octanol–water partition coefficient (Wildman–Crippen LogP) is 1.40. The topological polar surface area (TPSA) is 55.2 Å². The Morgan fingerprint density at radius 3 is 2.33 bits per heavy atom. The molecule has 0 N–H and O–H groups in total. The second-order valence-corrected chi connectivity index (χ2v) is 4.96. The fourth-order valence-electron chi connectivity index (χ4n) is 2.47. The Morgan fingerprint density at radius 2 is 1.89 bits per heavy atom. The number of aryl methyl sites for hydroxylation is 2. The van der Waals surface area contributed by atoms with Gasteiger partial charge in [-0.2, -0.15) is 5.10 Å². The molecule has 0 bridgehead atoms. The van der Waals surface area contributed by atoms with E-state index in [-0.39, 0.29) is 17.7 Å². The summed E-state index contributed by atoms with van der Waals surface area (Å²) < 4.78 is 1.50. The molecule has 1 aromatic rings. The number of amides is 1. The first-order chi connectivity index (χ1) is 8.49. The van der Waals surface area contributed by atoms with Crippen LogP contribution < -0.4 is 0 Å². The molecule has 1 aliphatic rings. The predicted molar refractivity (Wildman–Crippen MR) is 67.3 cm³/mol. The van der Waals surface area contributed by atoms with E-state index in [0.29, 0.717) is 13.1 Å². The largest absolute Gasteiger partial charge is 0.343 e. The molecule has 98 valence electrons. The quantitative estimate of drug-likeness (QED) is 0.756. The minimum atomic E-state index is -0.0152. The Balaban J connectivity index is 2.04. The molecule has 0 unspecified atom stereocenters. The number of hydrogen-bond acceptors (Lipinski definition) is 3. The maximum absolute atomic E-state index is 12.3. The van der Waals surface area contributed by atoms with Crippen LogP contribution in [0, 0.1) is 19.8 Å². The number of likely N-dealkylation sites (tertiary alicyclic amines) is 1. The molecule has 1 amide bonds. The molecule has 5 nitrogen and oxygen atoms in total. The summed E-state index contributed by atoms with van der Waals surface area (Å²) in [6.07, 6.45) is 1.47. The van der Waals surface area contributed by atoms with Gasteiger partial charge in [0.1, 0.15) is 0 Å². The summed E-state index contributed by atoms with van der Waals surface area (Å²) in [7, 11) is 0. The molecule has 0 radical (unpaired) electrons. The van der Waals surface area contributed by atoms with Crippen molar-refractivity contribution in [1.82, 2.24) is 14.7 Å². The molecule has 2 rings (SSSR count). The molecule has 1 aromatic heterocycles. The van der Waals surface area contributed by atoms with Crippen molar-refractivity contribution >= 4 is 11.8 Å². The minimum Gasteiger partial charge on any atom is -0.343 e. The van der Waals surface area contributed by atoms with Crippen LogP contribution in [-0.4, -0.2) is 39.6 Å². The Hall–Kier alpha value is -1.65. The third kappa shape index (κ3) is 2.44. The fourth-order valence-corrected chi connectivity index (χ4v) is 2.47. The van der Waals surface area contributed by atoms with Gasteiger partial charge in [0.25, 0.3) is 0 Å². The number of nitrogens with zero attached hydrogens (tertiary/aromatic N) is 3. The van der Waals surface area contributed by atoms with E-state index in [2.05, 4.69) is 5.10 Å². The molecule has 1 fully saturated rings. The van der Waals surface area contributed by atoms with Gasteiger partial charge in [-0.05, 0) is 32.8 Å². The maximum atomic E-state index is 12.3. The summed E-state index contributed by atoms with van der Waals surface area (Å²) in [5.74, 6) is 0.134. The first kappa shape index (κ1) is 12.8. The van der Waals surface area contributed by atoms with Gasteiger partial charge < -0.3 is 4.90 Å². The van der Waals surface area contributed by atoms with Crippen molar-refractivity contribution in [2.75, 3.05) is 13.1 Å². The number of piperidine rings is 1. The molecule has 0 aromatic carbocycles. The summed E-state index contributed by atoms with van der Waals surface area (Å²) in [5, 5.41) is 4.23. The highest BCUT2D eigenvalue weighted by Gasteiger charge is 2.28. The molecule has 5 heteroatoms. The van der Waals surface area contributed by atoms with E-state index < -0.39 is 0 Å². The van der Waals surface area contributed by atoms with Gasteiger partial charge >= 0.3 is 0 Å². The summed E-state index contributed by atoms with van der Waals surface area (Å²) in [6, 6.07) is 1.91. The van der Waals surface area contributed by atoms with Crippen molar-refractivity contribution in [3.63, 3.8) is 0 Å². The van der Waals surface area contributed by atoms with Gasteiger partial charge in [0.15, 0.2) is 0 Å². The number of aromatic nitrogens is 2. The zero-order valence-corrected chi connectivity index (χ0v) is 11.1. The van der Waals surface area contributed by atoms with Crippen molar-refractivity contribution in [2.24, 2.45) is 5.92 Å². The normalized spacial score (nSPS) is 16.9. The van der Waals surface area contributed by atoms with Crippen LogP contribution in [0.15, 0.2) is 6.07 Å². The van der Waals surface area contributed by atoms with Crippen molar-refractivity contribution in [3.05, 3.63) is 17.5 Å². The zero-order chi connectivity index (χ0) is 13.3. The van der Waals surface area contributed by atoms with E-state index in [4.69, 9.17) is 0 Å². The second-order valence-electron chi connectivity index (χ2n) is 4.96. The third-order valence-corrected chi connectivity index (χ3v) is 3.51. The monoisotopic (exact) mass is 249 g/mol. The Morgan fingerprint density at radius 1 is 1.28 bits per heavy atom. The molecule has 18 heavy (non-hydrogen) atoms. The van der Waals surface area contributed by atoms with E-state index in [9.17, 15) is 9.59 Å². The number of hydrogen-bond donors (Lipinski definition) is 0. The lowest BCUT2D eigenvalue weighted by atomic mass is 9.96. The molecule has 1 aliphatic heterocycles. The number of carbonyl (C=O) groups is 2. The highest BCUT2D eigenvalue weighted by molar-refractivity contribution is 5.81. The Labute approximate surface area is 107 Å². The van der Waals surface area contributed by atoms with Crippen molar-refractivity contribution in [3.8, 4) is 0 Å². The van der Waals surface area contributed by atoms with E-state index >= 15 is 0 Å². The van der Waals surface area contributed by atoms with Crippen LogP contribution in [0.3, 0.4) is 0 Å². The van der Waals surface area contributed by atoms with Crippen LogP contribution in [0.1, 0.15) is 35.9 Å². The van der Waals surface area contributed by atoms with E-state index in [1.807, 2.05) is 19.9 Å². The van der Waals surface area contributed by atoms with E-state index in [1.54, 1.807) is 11.8 Å². The van der Waals surface area contributed by atoms with Crippen molar-refractivity contribution < 1.29 is 9.59 Å². The average Bonchev–Trinajstić information content (AvgIpc) is 2.67. The van der Waals surface area contributed by atoms with Gasteiger partial charge in [0.05, 0.1) is 5.69 Å². The molecule has 0 atom stereocenters. The maximum Gasteiger partial charge on any atom is 0.250 e. The van der Waals surface area contributed by atoms with Crippen LogP contribution in [-0.2, 0) is 4.79 Å². The number of rotatable bonds is 1. The van der Waals surface area contributed by atoms with Crippen molar-refractivity contribution in [2.45, 2.75) is 33.6 Å². The lowest BCUT2D eigenvalue weighted by Crippen LogP contribution is -2.40. The lowest BCUT2D eigenvalue weighted by Gasteiger charge is -2.30. The highest BCUT2D eigenvalue weighted by atomic mass is 16.2. The summed E-state index contributed by atoms with van der Waals surface area (Å²) in [6.45, 7) is 6.69. The van der Waals surface area contributed by atoms with Crippen LogP contribution in [0.2, 0.25) is 0 Å². The van der Waals surface area contributed by atoms with Gasteiger partial charge in [-0.3, -0.25) is 9.59 Å². The molecule has 2 heterocycles. The second kappa shape index (κ2) is 4.92. The van der Waals surface area contributed by atoms with E-state index in [1.165, 1.54) is 4.68 Å². The smallest absolute Gasteiger partial charge is 0.250 e. The highest BCUT2D eigenvalue weighted by Crippen LogP contribution is 2.20. The molecular weight excluding hydrogens is 230 g/mol. The minimum absolute atomic E-state index is 0.0152. The van der Waals surface area contributed by atoms with Gasteiger partial charge in [-0.15, -0.1) is 0 Å². The van der Waals surface area contributed by atoms with Gasteiger partial charge in [0.2, 0.25) is 11.8 Å². The van der Waals surface area contributed by atoms with Crippen LogP contribution >= 0.6 is 0 Å². The van der Waals surface area contributed by atoms with Crippen LogP contribution in [0.4, 0.5) is 0 Å². The molecule has 0 saturated carbocycles. The molecule has 0 spiro atoms. The average molecular weight is 249 g/mol. The standard InChI is InChI=1S/C13H19N3O2/c1-9-8-10(2)16(14-9)13(18)12-4-6-15(7-5-12)11(3)17/h8,12H,4-7H2,1-3H3. The molecular formula is C13H19N3O2. The van der Waals surface area contributed by atoms with Crippen LogP contribution in [0.25, 0.3) is 0 Å². The Kier molecular flexibility index (Phi) is 3.50.